The van der Waals surface area contributed by atoms with Crippen LogP contribution in [0.3, 0.4) is 0 Å². The van der Waals surface area contributed by atoms with Gasteiger partial charge in [0.25, 0.3) is 0 Å². The topological polar surface area (TPSA) is 38.9 Å². The van der Waals surface area contributed by atoms with E-state index in [2.05, 4.69) is 16.9 Å². The van der Waals surface area contributed by atoms with E-state index in [-0.39, 0.29) is 17.6 Å². The van der Waals surface area contributed by atoms with Crippen LogP contribution in [0.1, 0.15) is 55.9 Å². The van der Waals surface area contributed by atoms with Crippen LogP contribution in [0.4, 0.5) is 8.78 Å². The van der Waals surface area contributed by atoms with Crippen molar-refractivity contribution in [1.82, 2.24) is 9.97 Å². The minimum Gasteiger partial charge on any atom is -0.440 e. The van der Waals surface area contributed by atoms with E-state index in [0.29, 0.717) is 17.6 Å². The van der Waals surface area contributed by atoms with Crippen molar-refractivity contribution < 1.29 is 13.2 Å². The summed E-state index contributed by atoms with van der Waals surface area (Å²) in [6, 6.07) is 13.1. The molecule has 158 valence electrons. The summed E-state index contributed by atoms with van der Waals surface area (Å²) in [4.78, 5) is 8.89. The van der Waals surface area contributed by atoms with Crippen molar-refractivity contribution in [2.75, 3.05) is 0 Å². The highest BCUT2D eigenvalue weighted by Gasteiger charge is 2.30. The molecule has 1 atom stereocenters. The van der Waals surface area contributed by atoms with Gasteiger partial charge in [-0.25, -0.2) is 13.8 Å². The Bertz CT molecular complexity index is 1190. The molecule has 0 aliphatic heterocycles. The van der Waals surface area contributed by atoms with E-state index in [1.165, 1.54) is 23.8 Å². The minimum absolute atomic E-state index is 0.210. The zero-order chi connectivity index (χ0) is 21.4. The largest absolute Gasteiger partial charge is 0.440 e. The number of aromatic nitrogens is 2. The minimum atomic E-state index is -0.265. The molecule has 0 bridgehead atoms. The Balaban J connectivity index is 1.29. The molecule has 2 heterocycles. The monoisotopic (exact) mass is 418 g/mol. The molecule has 5 heteroatoms. The highest BCUT2D eigenvalue weighted by Crippen LogP contribution is 2.43. The molecule has 0 unspecified atom stereocenters. The molecule has 4 aromatic rings. The highest BCUT2D eigenvalue weighted by atomic mass is 19.1. The zero-order valence-electron chi connectivity index (χ0n) is 17.4. The Morgan fingerprint density at radius 3 is 2.42 bits per heavy atom. The SMILES string of the molecule is C[C@@H](c1ncc(-c2ccc(F)cc2)o1)C1CCC(c2ccnc3ccc(F)cc23)CC1. The Hall–Kier alpha value is -3.08. The Labute approximate surface area is 180 Å². The van der Waals surface area contributed by atoms with Gasteiger partial charge >= 0.3 is 0 Å². The maximum absolute atomic E-state index is 13.8. The molecule has 2 aromatic heterocycles. The number of hydrogen-bond acceptors (Lipinski definition) is 3. The fourth-order valence-electron chi connectivity index (χ4n) is 4.87. The summed E-state index contributed by atoms with van der Waals surface area (Å²) in [7, 11) is 0. The van der Waals surface area contributed by atoms with Gasteiger partial charge in [0.05, 0.1) is 11.7 Å². The average molecular weight is 418 g/mol. The van der Waals surface area contributed by atoms with Crippen molar-refractivity contribution in [2.24, 2.45) is 5.92 Å². The second-order valence-corrected chi connectivity index (χ2v) is 8.53. The first kappa shape index (κ1) is 19.9. The zero-order valence-corrected chi connectivity index (χ0v) is 17.4. The molecule has 0 amide bonds. The predicted molar refractivity (Wildman–Crippen MR) is 117 cm³/mol. The number of nitrogens with zero attached hydrogens (tertiary/aromatic N) is 2. The lowest BCUT2D eigenvalue weighted by Crippen LogP contribution is -2.18. The molecular formula is C26H24F2N2O. The lowest BCUT2D eigenvalue weighted by atomic mass is 9.74. The van der Waals surface area contributed by atoms with Gasteiger partial charge in [0, 0.05) is 23.1 Å². The standard InChI is InChI=1S/C26H24F2N2O/c1-16(26-30-15-25(31-26)19-6-8-20(27)9-7-19)17-2-4-18(5-3-17)22-12-13-29-24-11-10-21(28)14-23(22)24/h6-18H,2-5H2,1H3/t16-,17?,18?/m1/s1. The smallest absolute Gasteiger partial charge is 0.198 e. The molecular weight excluding hydrogens is 394 g/mol. The lowest BCUT2D eigenvalue weighted by molar-refractivity contribution is 0.266. The van der Waals surface area contributed by atoms with E-state index in [1.54, 1.807) is 30.5 Å². The van der Waals surface area contributed by atoms with E-state index in [1.807, 2.05) is 12.3 Å². The van der Waals surface area contributed by atoms with Crippen LogP contribution in [0, 0.1) is 17.6 Å². The first-order valence-electron chi connectivity index (χ1n) is 10.8. The van der Waals surface area contributed by atoms with Gasteiger partial charge in [-0.3, -0.25) is 4.98 Å². The summed E-state index contributed by atoms with van der Waals surface area (Å²) < 4.78 is 33.0. The molecule has 1 aliphatic carbocycles. The van der Waals surface area contributed by atoms with Crippen LogP contribution < -0.4 is 0 Å². The van der Waals surface area contributed by atoms with Gasteiger partial charge in [-0.2, -0.15) is 0 Å². The Kier molecular flexibility index (Phi) is 5.26. The van der Waals surface area contributed by atoms with Crippen molar-refractivity contribution in [1.29, 1.82) is 0 Å². The van der Waals surface area contributed by atoms with Crippen molar-refractivity contribution in [2.45, 2.75) is 44.4 Å². The third-order valence-corrected chi connectivity index (χ3v) is 6.70. The third kappa shape index (κ3) is 3.97. The summed E-state index contributed by atoms with van der Waals surface area (Å²) >= 11 is 0. The van der Waals surface area contributed by atoms with E-state index < -0.39 is 0 Å². The maximum atomic E-state index is 13.8. The first-order valence-corrected chi connectivity index (χ1v) is 10.8. The molecule has 1 fully saturated rings. The Morgan fingerprint density at radius 1 is 0.903 bits per heavy atom. The van der Waals surface area contributed by atoms with Crippen LogP contribution >= 0.6 is 0 Å². The fraction of sp³-hybridized carbons (Fsp3) is 0.308. The molecule has 5 rings (SSSR count). The second kappa shape index (κ2) is 8.22. The van der Waals surface area contributed by atoms with Crippen molar-refractivity contribution >= 4 is 10.9 Å². The highest BCUT2D eigenvalue weighted by molar-refractivity contribution is 5.82. The Morgan fingerprint density at radius 2 is 1.65 bits per heavy atom. The number of oxazole rings is 1. The van der Waals surface area contributed by atoms with E-state index >= 15 is 0 Å². The quantitative estimate of drug-likeness (QED) is 0.350. The van der Waals surface area contributed by atoms with Gasteiger partial charge in [0.2, 0.25) is 0 Å². The van der Waals surface area contributed by atoms with Gasteiger partial charge < -0.3 is 4.42 Å². The molecule has 0 spiro atoms. The summed E-state index contributed by atoms with van der Waals surface area (Å²) in [6.45, 7) is 2.17. The van der Waals surface area contributed by atoms with Crippen LogP contribution in [-0.4, -0.2) is 9.97 Å². The lowest BCUT2D eigenvalue weighted by Gasteiger charge is -2.31. The van der Waals surface area contributed by atoms with Crippen molar-refractivity contribution in [3.63, 3.8) is 0 Å². The van der Waals surface area contributed by atoms with E-state index in [9.17, 15) is 8.78 Å². The first-order chi connectivity index (χ1) is 15.1. The van der Waals surface area contributed by atoms with Gasteiger partial charge in [0.15, 0.2) is 11.7 Å². The van der Waals surface area contributed by atoms with Gasteiger partial charge in [-0.15, -0.1) is 0 Å². The van der Waals surface area contributed by atoms with Crippen LogP contribution in [0.2, 0.25) is 0 Å². The predicted octanol–water partition coefficient (Wildman–Crippen LogP) is 7.25. The molecule has 1 saturated carbocycles. The molecule has 0 N–H and O–H groups in total. The normalized spacial score (nSPS) is 20.1. The maximum Gasteiger partial charge on any atom is 0.198 e. The molecule has 0 saturated heterocycles. The number of rotatable bonds is 4. The third-order valence-electron chi connectivity index (χ3n) is 6.70. The van der Waals surface area contributed by atoms with Gasteiger partial charge in [-0.05, 0) is 91.6 Å². The number of benzene rings is 2. The van der Waals surface area contributed by atoms with Gasteiger partial charge in [0.1, 0.15) is 11.6 Å². The molecule has 1 aliphatic rings. The number of hydrogen-bond donors (Lipinski definition) is 0. The van der Waals surface area contributed by atoms with Crippen LogP contribution in [0.5, 0.6) is 0 Å². The molecule has 0 radical (unpaired) electrons. The fourth-order valence-corrected chi connectivity index (χ4v) is 4.87. The van der Waals surface area contributed by atoms with Crippen LogP contribution in [-0.2, 0) is 0 Å². The number of pyridine rings is 1. The van der Waals surface area contributed by atoms with Crippen LogP contribution in [0.25, 0.3) is 22.2 Å². The van der Waals surface area contributed by atoms with Crippen molar-refractivity contribution in [3.8, 4) is 11.3 Å². The van der Waals surface area contributed by atoms with E-state index in [0.717, 1.165) is 48.0 Å². The average Bonchev–Trinajstić information content (AvgIpc) is 3.29. The van der Waals surface area contributed by atoms with E-state index in [4.69, 9.17) is 4.42 Å². The summed E-state index contributed by atoms with van der Waals surface area (Å²) in [6.07, 6.45) is 7.79. The number of fused-ring (bicyclic) bond motifs is 1. The number of halogens is 2. The summed E-state index contributed by atoms with van der Waals surface area (Å²) in [5, 5.41) is 0.927. The summed E-state index contributed by atoms with van der Waals surface area (Å²) in [5.41, 5.74) is 2.88. The molecule has 2 aromatic carbocycles. The summed E-state index contributed by atoms with van der Waals surface area (Å²) in [5.74, 6) is 2.03. The van der Waals surface area contributed by atoms with Crippen molar-refractivity contribution in [3.05, 3.63) is 84.0 Å². The molecule has 3 nitrogen and oxygen atoms in total. The van der Waals surface area contributed by atoms with Gasteiger partial charge in [-0.1, -0.05) is 6.92 Å². The van der Waals surface area contributed by atoms with Crippen LogP contribution in [0.15, 0.2) is 65.3 Å². The second-order valence-electron chi connectivity index (χ2n) is 8.53. The molecule has 31 heavy (non-hydrogen) atoms.